The third-order valence-corrected chi connectivity index (χ3v) is 7.64. The van der Waals surface area contributed by atoms with Gasteiger partial charge in [0.15, 0.2) is 11.9 Å². The lowest BCUT2D eigenvalue weighted by atomic mass is 10.1. The Morgan fingerprint density at radius 1 is 0.446 bits per heavy atom. The molecule has 0 aromatic carbocycles. The van der Waals surface area contributed by atoms with Crippen LogP contribution in [0.2, 0.25) is 0 Å². The van der Waals surface area contributed by atoms with E-state index in [9.17, 15) is 43.2 Å². The molecule has 0 fully saturated rings. The number of hydrogen-bond donors (Lipinski definition) is 14. The van der Waals surface area contributed by atoms with Crippen molar-refractivity contribution in [1.82, 2.24) is 37.2 Å². The van der Waals surface area contributed by atoms with E-state index in [-0.39, 0.29) is 44.3 Å². The molecule has 316 valence electrons. The number of hydrogen-bond acceptors (Lipinski definition) is 12. The normalized spacial score (nSPS) is 14.9. The lowest BCUT2D eigenvalue weighted by Gasteiger charge is -2.24. The molecule has 0 aliphatic carbocycles. The maximum absolute atomic E-state index is 13.2. The molecule has 0 aromatic rings. The van der Waals surface area contributed by atoms with Gasteiger partial charge in [-0.25, -0.2) is 0 Å². The quantitative estimate of drug-likeness (QED) is 0.0232. The third kappa shape index (κ3) is 20.3. The van der Waals surface area contributed by atoms with Crippen LogP contribution in [0.3, 0.4) is 0 Å². The van der Waals surface area contributed by atoms with Crippen molar-refractivity contribution in [1.29, 1.82) is 0 Å². The van der Waals surface area contributed by atoms with Crippen molar-refractivity contribution in [2.24, 2.45) is 50.1 Å². The average molecular weight is 799 g/mol. The predicted octanol–water partition coefficient (Wildman–Crippen LogP) is -7.73. The summed E-state index contributed by atoms with van der Waals surface area (Å²) in [6.45, 7) is 6.84. The first-order valence-corrected chi connectivity index (χ1v) is 17.5. The summed E-state index contributed by atoms with van der Waals surface area (Å²) in [7, 11) is 0. The summed E-state index contributed by atoms with van der Waals surface area (Å²) >= 11 is 0. The lowest BCUT2D eigenvalue weighted by Crippen LogP contribution is -2.58. The van der Waals surface area contributed by atoms with Gasteiger partial charge in [0, 0.05) is 13.1 Å². The molecule has 0 saturated heterocycles. The van der Waals surface area contributed by atoms with Crippen molar-refractivity contribution in [2.45, 2.75) is 115 Å². The van der Waals surface area contributed by atoms with E-state index in [1.807, 2.05) is 0 Å². The zero-order valence-electron chi connectivity index (χ0n) is 32.2. The van der Waals surface area contributed by atoms with Crippen LogP contribution in [0.15, 0.2) is 9.98 Å². The van der Waals surface area contributed by atoms with Crippen LogP contribution in [0.5, 0.6) is 0 Å². The van der Waals surface area contributed by atoms with Crippen LogP contribution in [0.1, 0.15) is 66.7 Å². The number of rotatable bonds is 25. The minimum absolute atomic E-state index is 0.0188. The molecule has 0 unspecified atom stereocenters. The molecule has 8 atom stereocenters. The van der Waals surface area contributed by atoms with E-state index in [1.54, 1.807) is 0 Å². The minimum Gasteiger partial charge on any atom is -0.370 e. The Morgan fingerprint density at radius 2 is 0.768 bits per heavy atom. The van der Waals surface area contributed by atoms with Crippen LogP contribution in [0, 0.1) is 0 Å². The van der Waals surface area contributed by atoms with Crippen LogP contribution < -0.4 is 77.4 Å². The van der Waals surface area contributed by atoms with Gasteiger partial charge in [0.05, 0.1) is 12.5 Å². The molecule has 0 radical (unpaired) electrons. The van der Waals surface area contributed by atoms with Crippen molar-refractivity contribution in [3.8, 4) is 0 Å². The standard InChI is InChI=1S/C31H58N16O9/c1-13(32)23(50)47-20(12-21(33)48)29(56)44-16(4)26(53)42-14(2)24(51)41-15(3)25(52)43-17(5)27(54)46-19(9-7-11-40-31(37)38)28(55)45-18(22(34)49)8-6-10-39-30(35)36/h13-20H,6-12,32H2,1-5H3,(H2,33,48)(H2,34,49)(H,41,51)(H,42,53)(H,43,52)(H,44,56)(H,45,55)(H,46,54)(H,47,50)(H4,35,36,39)(H4,37,38,40)/t13-,14-,15-,16-,17-,18-,19-,20-/m0/s1. The first-order chi connectivity index (χ1) is 26.0. The summed E-state index contributed by atoms with van der Waals surface area (Å²) in [5.41, 5.74) is 37.4. The number of aliphatic imine (C=N–C) groups is 2. The van der Waals surface area contributed by atoms with Crippen LogP contribution in [0.25, 0.3) is 0 Å². The highest BCUT2D eigenvalue weighted by Gasteiger charge is 2.30. The SMILES string of the molecule is C[C@H](N)C(=O)N[C@@H](CC(N)=O)C(=O)N[C@@H](C)C(=O)N[C@@H](C)C(=O)N[C@@H](C)C(=O)N[C@@H](C)C(=O)N[C@@H](CCCN=C(N)N)C(=O)N[C@@H](CCCN=C(N)N)C(N)=O. The number of amides is 9. The number of nitrogens with zero attached hydrogens (tertiary/aromatic N) is 2. The van der Waals surface area contributed by atoms with Gasteiger partial charge in [0.25, 0.3) is 0 Å². The van der Waals surface area contributed by atoms with Gasteiger partial charge >= 0.3 is 0 Å². The molecule has 0 saturated carbocycles. The van der Waals surface area contributed by atoms with E-state index in [0.29, 0.717) is 6.42 Å². The van der Waals surface area contributed by atoms with Crippen molar-refractivity contribution in [3.05, 3.63) is 0 Å². The van der Waals surface area contributed by atoms with Crippen LogP contribution in [0.4, 0.5) is 0 Å². The number of carbonyl (C=O) groups excluding carboxylic acids is 9. The Bertz CT molecular complexity index is 1480. The zero-order valence-corrected chi connectivity index (χ0v) is 32.2. The molecule has 0 aliphatic rings. The minimum atomic E-state index is -1.42. The number of nitrogens with two attached hydrogens (primary N) is 7. The number of primary amides is 2. The topological polar surface area (TPSA) is 445 Å². The smallest absolute Gasteiger partial charge is 0.243 e. The second-order valence-electron chi connectivity index (χ2n) is 12.9. The second kappa shape index (κ2) is 24.9. The molecule has 0 spiro atoms. The van der Waals surface area contributed by atoms with Gasteiger partial charge in [-0.15, -0.1) is 0 Å². The molecular formula is C31H58N16O9. The predicted molar refractivity (Wildman–Crippen MR) is 203 cm³/mol. The highest BCUT2D eigenvalue weighted by Crippen LogP contribution is 2.04. The van der Waals surface area contributed by atoms with E-state index in [1.165, 1.54) is 34.6 Å². The molecule has 56 heavy (non-hydrogen) atoms. The first-order valence-electron chi connectivity index (χ1n) is 17.5. The van der Waals surface area contributed by atoms with Crippen LogP contribution in [-0.2, 0) is 43.2 Å². The summed E-state index contributed by atoms with van der Waals surface area (Å²) in [6.07, 6.45) is 0.0639. The second-order valence-corrected chi connectivity index (χ2v) is 12.9. The molecule has 0 aromatic heterocycles. The summed E-state index contributed by atoms with van der Waals surface area (Å²) in [5, 5.41) is 16.7. The maximum Gasteiger partial charge on any atom is 0.243 e. The van der Waals surface area contributed by atoms with Gasteiger partial charge in [-0.2, -0.15) is 0 Å². The summed E-state index contributed by atoms with van der Waals surface area (Å²) in [4.78, 5) is 120. The molecule has 0 heterocycles. The largest absolute Gasteiger partial charge is 0.370 e. The van der Waals surface area contributed by atoms with Crippen molar-refractivity contribution < 1.29 is 43.2 Å². The van der Waals surface area contributed by atoms with Gasteiger partial charge in [0.2, 0.25) is 53.2 Å². The Morgan fingerprint density at radius 3 is 1.12 bits per heavy atom. The van der Waals surface area contributed by atoms with Gasteiger partial charge in [-0.1, -0.05) is 0 Å². The Hall–Kier alpha value is -6.27. The molecule has 9 amide bonds. The van der Waals surface area contributed by atoms with E-state index in [4.69, 9.17) is 40.1 Å². The summed E-state index contributed by atoms with van der Waals surface area (Å²) in [5.74, 6) is -7.73. The van der Waals surface area contributed by atoms with Crippen LogP contribution in [-0.4, -0.2) is 127 Å². The van der Waals surface area contributed by atoms with Gasteiger partial charge in [-0.05, 0) is 60.3 Å². The third-order valence-electron chi connectivity index (χ3n) is 7.64. The number of nitrogens with one attached hydrogen (secondary N) is 7. The highest BCUT2D eigenvalue weighted by molar-refractivity contribution is 5.98. The molecule has 0 bridgehead atoms. The Balaban J connectivity index is 5.40. The van der Waals surface area contributed by atoms with Crippen molar-refractivity contribution >= 4 is 65.1 Å². The van der Waals surface area contributed by atoms with Gasteiger partial charge in [-0.3, -0.25) is 53.1 Å². The molecule has 0 aliphatic heterocycles. The molecular weight excluding hydrogens is 740 g/mol. The van der Waals surface area contributed by atoms with E-state index in [0.717, 1.165) is 0 Å². The van der Waals surface area contributed by atoms with E-state index < -0.39 is 108 Å². The number of guanidine groups is 2. The Kier molecular flexibility index (Phi) is 22.1. The fourth-order valence-corrected chi connectivity index (χ4v) is 4.44. The first kappa shape index (κ1) is 49.7. The van der Waals surface area contributed by atoms with E-state index in [2.05, 4.69) is 47.2 Å². The fourth-order valence-electron chi connectivity index (χ4n) is 4.44. The van der Waals surface area contributed by atoms with E-state index >= 15 is 0 Å². The highest BCUT2D eigenvalue weighted by atomic mass is 16.2. The fraction of sp³-hybridized carbons (Fsp3) is 0.645. The van der Waals surface area contributed by atoms with Gasteiger partial charge in [0.1, 0.15) is 42.3 Å². The monoisotopic (exact) mass is 798 g/mol. The molecule has 25 nitrogen and oxygen atoms in total. The van der Waals surface area contributed by atoms with Crippen molar-refractivity contribution in [3.63, 3.8) is 0 Å². The van der Waals surface area contributed by atoms with Gasteiger partial charge < -0.3 is 77.4 Å². The lowest BCUT2D eigenvalue weighted by molar-refractivity contribution is -0.135. The summed E-state index contributed by atoms with van der Waals surface area (Å²) < 4.78 is 0. The summed E-state index contributed by atoms with van der Waals surface area (Å²) in [6, 6.07) is -9.71. The average Bonchev–Trinajstić information content (AvgIpc) is 3.09. The molecule has 25 heteroatoms. The Labute approximate surface area is 323 Å². The molecule has 21 N–H and O–H groups in total. The number of carbonyl (C=O) groups is 9. The zero-order chi connectivity index (χ0) is 43.3. The van der Waals surface area contributed by atoms with Crippen LogP contribution >= 0.6 is 0 Å². The maximum atomic E-state index is 13.2. The van der Waals surface area contributed by atoms with Crippen molar-refractivity contribution in [2.75, 3.05) is 13.1 Å². The molecule has 0 rings (SSSR count).